The van der Waals surface area contributed by atoms with Gasteiger partial charge in [0, 0.05) is 27.3 Å². The Morgan fingerprint density at radius 3 is 2.29 bits per heavy atom. The van der Waals surface area contributed by atoms with E-state index >= 15 is 0 Å². The van der Waals surface area contributed by atoms with Gasteiger partial charge in [0.1, 0.15) is 12.2 Å². The maximum absolute atomic E-state index is 8.90. The number of aliphatic hydroxyl groups excluding tert-OH is 1. The smallest absolute Gasteiger partial charge is 0.151 e. The standard InChI is InChI=1S/C11H17N3O3/c1-16-9-5-14(6-10(9)17-2)11-4-3-8(7-15)12-13-11/h3-4,9-10,15H,5-7H2,1-2H3. The van der Waals surface area contributed by atoms with Crippen LogP contribution in [0.2, 0.25) is 0 Å². The summed E-state index contributed by atoms with van der Waals surface area (Å²) in [5.41, 5.74) is 0.569. The van der Waals surface area contributed by atoms with Crippen LogP contribution in [0.5, 0.6) is 0 Å². The van der Waals surface area contributed by atoms with Crippen LogP contribution in [0.25, 0.3) is 0 Å². The molecule has 0 radical (unpaired) electrons. The summed E-state index contributed by atoms with van der Waals surface area (Å²) in [6.07, 6.45) is 0.110. The Bertz CT molecular complexity index is 345. The first-order valence-electron chi connectivity index (χ1n) is 5.52. The molecule has 6 nitrogen and oxygen atoms in total. The van der Waals surface area contributed by atoms with Crippen molar-refractivity contribution < 1.29 is 14.6 Å². The average molecular weight is 239 g/mol. The number of anilines is 1. The molecule has 1 aromatic rings. The third-order valence-corrected chi connectivity index (χ3v) is 3.01. The molecule has 0 saturated carbocycles. The molecule has 0 spiro atoms. The Balaban J connectivity index is 2.07. The van der Waals surface area contributed by atoms with Crippen LogP contribution in [-0.4, -0.2) is 54.8 Å². The number of ether oxygens (including phenoxy) is 2. The van der Waals surface area contributed by atoms with Crippen LogP contribution in [0, 0.1) is 0 Å². The highest BCUT2D eigenvalue weighted by Gasteiger charge is 2.33. The van der Waals surface area contributed by atoms with E-state index in [9.17, 15) is 0 Å². The molecular formula is C11H17N3O3. The summed E-state index contributed by atoms with van der Waals surface area (Å²) >= 11 is 0. The van der Waals surface area contributed by atoms with Gasteiger partial charge in [-0.25, -0.2) is 0 Å². The maximum atomic E-state index is 8.90. The highest BCUT2D eigenvalue weighted by molar-refractivity contribution is 5.39. The summed E-state index contributed by atoms with van der Waals surface area (Å²) in [6.45, 7) is 1.39. The number of aliphatic hydroxyl groups is 1. The first-order valence-corrected chi connectivity index (χ1v) is 5.52. The minimum atomic E-state index is -0.0886. The summed E-state index contributed by atoms with van der Waals surface area (Å²) in [7, 11) is 3.36. The van der Waals surface area contributed by atoms with Crippen molar-refractivity contribution >= 4 is 5.82 Å². The molecule has 1 aliphatic heterocycles. The van der Waals surface area contributed by atoms with Crippen molar-refractivity contribution in [1.82, 2.24) is 10.2 Å². The summed E-state index contributed by atoms with van der Waals surface area (Å²) in [5.74, 6) is 0.781. The van der Waals surface area contributed by atoms with Crippen LogP contribution in [0.1, 0.15) is 5.69 Å². The van der Waals surface area contributed by atoms with E-state index in [1.165, 1.54) is 0 Å². The fourth-order valence-corrected chi connectivity index (χ4v) is 1.99. The van der Waals surface area contributed by atoms with Crippen LogP contribution >= 0.6 is 0 Å². The number of hydrogen-bond acceptors (Lipinski definition) is 6. The van der Waals surface area contributed by atoms with E-state index in [-0.39, 0.29) is 18.8 Å². The fourth-order valence-electron chi connectivity index (χ4n) is 1.99. The topological polar surface area (TPSA) is 67.7 Å². The lowest BCUT2D eigenvalue weighted by Gasteiger charge is -2.15. The summed E-state index contributed by atoms with van der Waals surface area (Å²) < 4.78 is 10.7. The lowest BCUT2D eigenvalue weighted by molar-refractivity contribution is -0.00461. The number of nitrogens with zero attached hydrogens (tertiary/aromatic N) is 3. The quantitative estimate of drug-likeness (QED) is 0.786. The predicted molar refractivity (Wildman–Crippen MR) is 61.8 cm³/mol. The van der Waals surface area contributed by atoms with Crippen molar-refractivity contribution in [2.45, 2.75) is 18.8 Å². The Morgan fingerprint density at radius 2 is 1.88 bits per heavy atom. The molecule has 1 aromatic heterocycles. The average Bonchev–Trinajstić information content (AvgIpc) is 2.82. The summed E-state index contributed by atoms with van der Waals surface area (Å²) in [4.78, 5) is 2.07. The number of rotatable bonds is 4. The molecule has 0 aliphatic carbocycles. The number of hydrogen-bond donors (Lipinski definition) is 1. The second kappa shape index (κ2) is 5.39. The monoisotopic (exact) mass is 239 g/mol. The molecule has 0 amide bonds. The van der Waals surface area contributed by atoms with E-state index < -0.39 is 0 Å². The van der Waals surface area contributed by atoms with Crippen molar-refractivity contribution in [3.63, 3.8) is 0 Å². The van der Waals surface area contributed by atoms with Gasteiger partial charge in [0.15, 0.2) is 5.82 Å². The molecule has 0 bridgehead atoms. The molecule has 1 aliphatic rings. The lowest BCUT2D eigenvalue weighted by Crippen LogP contribution is -2.27. The van der Waals surface area contributed by atoms with E-state index in [4.69, 9.17) is 14.6 Å². The van der Waals surface area contributed by atoms with Gasteiger partial charge in [-0.3, -0.25) is 0 Å². The highest BCUT2D eigenvalue weighted by Crippen LogP contribution is 2.21. The van der Waals surface area contributed by atoms with Gasteiger partial charge in [-0.1, -0.05) is 0 Å². The van der Waals surface area contributed by atoms with Crippen molar-refractivity contribution in [2.75, 3.05) is 32.2 Å². The van der Waals surface area contributed by atoms with Crippen LogP contribution in [0.4, 0.5) is 5.82 Å². The third kappa shape index (κ3) is 2.54. The minimum Gasteiger partial charge on any atom is -0.390 e. The van der Waals surface area contributed by atoms with Gasteiger partial charge < -0.3 is 19.5 Å². The largest absolute Gasteiger partial charge is 0.390 e. The molecule has 6 heteroatoms. The maximum Gasteiger partial charge on any atom is 0.151 e. The molecule has 2 heterocycles. The van der Waals surface area contributed by atoms with Crippen molar-refractivity contribution in [2.24, 2.45) is 0 Å². The van der Waals surface area contributed by atoms with Gasteiger partial charge in [-0.2, -0.15) is 5.10 Å². The fraction of sp³-hybridized carbons (Fsp3) is 0.636. The first-order chi connectivity index (χ1) is 8.28. The van der Waals surface area contributed by atoms with Crippen LogP contribution < -0.4 is 4.90 Å². The molecule has 2 atom stereocenters. The molecule has 1 N–H and O–H groups in total. The van der Waals surface area contributed by atoms with Gasteiger partial charge in [-0.05, 0) is 12.1 Å². The summed E-state index contributed by atoms with van der Waals surface area (Å²) in [5, 5.41) is 16.9. The van der Waals surface area contributed by atoms with Crippen LogP contribution in [0.15, 0.2) is 12.1 Å². The van der Waals surface area contributed by atoms with Crippen molar-refractivity contribution in [3.8, 4) is 0 Å². The van der Waals surface area contributed by atoms with E-state index in [1.807, 2.05) is 6.07 Å². The Kier molecular flexibility index (Phi) is 3.88. The van der Waals surface area contributed by atoms with Gasteiger partial charge in [-0.15, -0.1) is 5.10 Å². The van der Waals surface area contributed by atoms with Gasteiger partial charge in [0.05, 0.1) is 12.3 Å². The molecule has 1 saturated heterocycles. The molecule has 1 fully saturated rings. The Labute approximate surface area is 100 Å². The molecule has 0 aromatic carbocycles. The highest BCUT2D eigenvalue weighted by atomic mass is 16.5. The SMILES string of the molecule is COC1CN(c2ccc(CO)nn2)CC1OC. The third-order valence-electron chi connectivity index (χ3n) is 3.01. The van der Waals surface area contributed by atoms with Crippen molar-refractivity contribution in [1.29, 1.82) is 0 Å². The Morgan fingerprint density at radius 1 is 1.24 bits per heavy atom. The second-order valence-electron chi connectivity index (χ2n) is 3.99. The minimum absolute atomic E-state index is 0.0549. The molecule has 17 heavy (non-hydrogen) atoms. The summed E-state index contributed by atoms with van der Waals surface area (Å²) in [6, 6.07) is 3.62. The Hall–Kier alpha value is -1.24. The molecule has 94 valence electrons. The van der Waals surface area contributed by atoms with E-state index in [0.29, 0.717) is 5.69 Å². The number of aromatic nitrogens is 2. The van der Waals surface area contributed by atoms with E-state index in [0.717, 1.165) is 18.9 Å². The van der Waals surface area contributed by atoms with Gasteiger partial charge >= 0.3 is 0 Å². The number of methoxy groups -OCH3 is 2. The normalized spacial score (nSPS) is 24.3. The predicted octanol–water partition coefficient (Wildman–Crippen LogP) is -0.181. The van der Waals surface area contributed by atoms with E-state index in [2.05, 4.69) is 15.1 Å². The lowest BCUT2D eigenvalue weighted by atomic mass is 10.3. The molecular weight excluding hydrogens is 222 g/mol. The zero-order chi connectivity index (χ0) is 12.3. The first kappa shape index (κ1) is 12.2. The van der Waals surface area contributed by atoms with Crippen LogP contribution in [-0.2, 0) is 16.1 Å². The molecule has 2 rings (SSSR count). The van der Waals surface area contributed by atoms with Gasteiger partial charge in [0.2, 0.25) is 0 Å². The zero-order valence-electron chi connectivity index (χ0n) is 10.0. The van der Waals surface area contributed by atoms with Gasteiger partial charge in [0.25, 0.3) is 0 Å². The van der Waals surface area contributed by atoms with Crippen LogP contribution in [0.3, 0.4) is 0 Å². The van der Waals surface area contributed by atoms with Crippen molar-refractivity contribution in [3.05, 3.63) is 17.8 Å². The van der Waals surface area contributed by atoms with E-state index in [1.54, 1.807) is 20.3 Å². The zero-order valence-corrected chi connectivity index (χ0v) is 10.0. The second-order valence-corrected chi connectivity index (χ2v) is 3.99. The molecule has 2 unspecified atom stereocenters.